The molecule has 2 aromatic carbocycles. The quantitative estimate of drug-likeness (QED) is 0.554. The van der Waals surface area contributed by atoms with Crippen molar-refractivity contribution in [2.75, 3.05) is 19.5 Å². The molecule has 0 bridgehead atoms. The maximum atomic E-state index is 13.1. The Morgan fingerprint density at radius 2 is 1.72 bits per heavy atom. The molecule has 10 heteroatoms. The molecule has 2 N–H and O–H groups in total. The van der Waals surface area contributed by atoms with Crippen LogP contribution in [0.3, 0.4) is 0 Å². The number of aryl methyl sites for hydroxylation is 1. The highest BCUT2D eigenvalue weighted by atomic mass is 16.5. The van der Waals surface area contributed by atoms with Gasteiger partial charge in [-0.05, 0) is 53.1 Å². The zero-order valence-corrected chi connectivity index (χ0v) is 18.6. The van der Waals surface area contributed by atoms with Crippen LogP contribution in [0.25, 0.3) is 5.69 Å². The van der Waals surface area contributed by atoms with E-state index in [0.29, 0.717) is 28.4 Å². The molecule has 1 aromatic heterocycles. The van der Waals surface area contributed by atoms with E-state index in [9.17, 15) is 9.59 Å². The second kappa shape index (κ2) is 9.90. The summed E-state index contributed by atoms with van der Waals surface area (Å²) < 4.78 is 11.9. The van der Waals surface area contributed by atoms with Crippen LogP contribution in [0.15, 0.2) is 42.7 Å². The molecule has 3 aromatic rings. The number of ether oxygens (including phenoxy) is 2. The lowest BCUT2D eigenvalue weighted by Gasteiger charge is -2.22. The molecule has 0 saturated carbocycles. The Morgan fingerprint density at radius 1 is 1.03 bits per heavy atom. The van der Waals surface area contributed by atoms with Gasteiger partial charge < -0.3 is 20.1 Å². The van der Waals surface area contributed by atoms with Gasteiger partial charge in [0.15, 0.2) is 0 Å². The van der Waals surface area contributed by atoms with E-state index in [1.54, 1.807) is 24.3 Å². The van der Waals surface area contributed by atoms with Crippen molar-refractivity contribution in [3.8, 4) is 17.2 Å². The number of tetrazole rings is 1. The number of carbonyl (C=O) groups excluding carboxylic acids is 2. The van der Waals surface area contributed by atoms with E-state index < -0.39 is 11.9 Å². The molecule has 0 spiro atoms. The number of carbonyl (C=O) groups is 2. The van der Waals surface area contributed by atoms with Crippen molar-refractivity contribution >= 4 is 17.5 Å². The first-order valence-corrected chi connectivity index (χ1v) is 10.0. The highest BCUT2D eigenvalue weighted by Gasteiger charge is 2.26. The molecule has 2 amide bonds. The van der Waals surface area contributed by atoms with Gasteiger partial charge in [-0.15, -0.1) is 5.10 Å². The Labute approximate surface area is 185 Å². The minimum atomic E-state index is -0.768. The number of rotatable bonds is 8. The lowest BCUT2D eigenvalue weighted by atomic mass is 10.0. The second-order valence-electron chi connectivity index (χ2n) is 7.54. The van der Waals surface area contributed by atoms with Crippen molar-refractivity contribution in [2.45, 2.75) is 26.8 Å². The number of aromatic nitrogens is 4. The van der Waals surface area contributed by atoms with E-state index in [-0.39, 0.29) is 11.8 Å². The number of hydrogen-bond donors (Lipinski definition) is 2. The fourth-order valence-corrected chi connectivity index (χ4v) is 3.08. The normalized spacial score (nSPS) is 11.7. The molecule has 0 aliphatic rings. The van der Waals surface area contributed by atoms with E-state index >= 15 is 0 Å². The summed E-state index contributed by atoms with van der Waals surface area (Å²) in [6.07, 6.45) is 1.47. The first-order chi connectivity index (χ1) is 15.3. The van der Waals surface area contributed by atoms with Crippen molar-refractivity contribution < 1.29 is 19.1 Å². The van der Waals surface area contributed by atoms with Crippen molar-refractivity contribution in [1.82, 2.24) is 25.5 Å². The molecule has 0 aliphatic carbocycles. The fraction of sp³-hybridized carbons (Fsp3) is 0.318. The molecular weight excluding hydrogens is 412 g/mol. The van der Waals surface area contributed by atoms with Crippen LogP contribution in [0.4, 0.5) is 5.69 Å². The van der Waals surface area contributed by atoms with E-state index in [2.05, 4.69) is 26.2 Å². The third kappa shape index (κ3) is 5.20. The molecule has 0 saturated heterocycles. The van der Waals surface area contributed by atoms with E-state index in [0.717, 1.165) is 5.56 Å². The molecule has 32 heavy (non-hydrogen) atoms. The minimum Gasteiger partial charge on any atom is -0.497 e. The Bertz CT molecular complexity index is 1080. The number of methoxy groups -OCH3 is 2. The Balaban J connectivity index is 1.80. The number of amides is 2. The van der Waals surface area contributed by atoms with Crippen LogP contribution in [0.1, 0.15) is 29.8 Å². The van der Waals surface area contributed by atoms with Gasteiger partial charge in [-0.2, -0.15) is 0 Å². The van der Waals surface area contributed by atoms with Crippen molar-refractivity contribution in [2.24, 2.45) is 5.92 Å². The van der Waals surface area contributed by atoms with Crippen LogP contribution in [0.5, 0.6) is 11.5 Å². The van der Waals surface area contributed by atoms with Gasteiger partial charge in [-0.25, -0.2) is 4.68 Å². The molecule has 0 aliphatic heterocycles. The molecule has 0 unspecified atom stereocenters. The smallest absolute Gasteiger partial charge is 0.252 e. The summed E-state index contributed by atoms with van der Waals surface area (Å²) in [4.78, 5) is 26.0. The van der Waals surface area contributed by atoms with E-state index in [4.69, 9.17) is 9.47 Å². The molecule has 168 valence electrons. The number of anilines is 1. The molecular formula is C22H26N6O4. The summed E-state index contributed by atoms with van der Waals surface area (Å²) in [6.45, 7) is 5.60. The Hall–Kier alpha value is -3.95. The van der Waals surface area contributed by atoms with E-state index in [1.165, 1.54) is 25.2 Å². The lowest BCUT2D eigenvalue weighted by Crippen LogP contribution is -2.47. The van der Waals surface area contributed by atoms with Gasteiger partial charge in [0.05, 0.1) is 19.9 Å². The van der Waals surface area contributed by atoms with Crippen LogP contribution in [0, 0.1) is 12.8 Å². The molecule has 10 nitrogen and oxygen atoms in total. The van der Waals surface area contributed by atoms with Gasteiger partial charge >= 0.3 is 0 Å². The summed E-state index contributed by atoms with van der Waals surface area (Å²) in [5.41, 5.74) is 2.49. The number of hydrogen-bond acceptors (Lipinski definition) is 7. The highest BCUT2D eigenvalue weighted by molar-refractivity contribution is 6.02. The van der Waals surface area contributed by atoms with Crippen LogP contribution in [-0.4, -0.2) is 52.3 Å². The van der Waals surface area contributed by atoms with Crippen molar-refractivity contribution in [3.63, 3.8) is 0 Å². The maximum absolute atomic E-state index is 13.1. The zero-order valence-electron chi connectivity index (χ0n) is 18.6. The summed E-state index contributed by atoms with van der Waals surface area (Å²) in [6, 6.07) is 9.56. The average molecular weight is 438 g/mol. The number of nitrogens with one attached hydrogen (secondary N) is 2. The monoisotopic (exact) mass is 438 g/mol. The standard InChI is InChI=1S/C22H26N6O4/c1-13(2)20(25-21(29)15-8-17(31-4)11-18(9-15)32-5)22(30)24-19-10-16(7-6-14(19)3)28-12-23-26-27-28/h6-13,20H,1-5H3,(H,24,30)(H,25,29)/t20-/m1/s1. The van der Waals surface area contributed by atoms with Crippen LogP contribution in [0.2, 0.25) is 0 Å². The highest BCUT2D eigenvalue weighted by Crippen LogP contribution is 2.23. The second-order valence-corrected chi connectivity index (χ2v) is 7.54. The minimum absolute atomic E-state index is 0.158. The fourth-order valence-electron chi connectivity index (χ4n) is 3.08. The summed E-state index contributed by atoms with van der Waals surface area (Å²) >= 11 is 0. The largest absolute Gasteiger partial charge is 0.497 e. The zero-order chi connectivity index (χ0) is 23.3. The van der Waals surface area contributed by atoms with Gasteiger partial charge in [0.2, 0.25) is 5.91 Å². The lowest BCUT2D eigenvalue weighted by molar-refractivity contribution is -0.118. The van der Waals surface area contributed by atoms with Gasteiger partial charge in [-0.3, -0.25) is 9.59 Å². The third-order valence-electron chi connectivity index (χ3n) is 4.94. The predicted octanol–water partition coefficient (Wildman–Crippen LogP) is 2.38. The SMILES string of the molecule is COc1cc(OC)cc(C(=O)N[C@@H](C(=O)Nc2cc(-n3cnnn3)ccc2C)C(C)C)c1. The number of benzene rings is 2. The number of nitrogens with zero attached hydrogens (tertiary/aromatic N) is 4. The summed E-state index contributed by atoms with van der Waals surface area (Å²) in [7, 11) is 3.01. The first-order valence-electron chi connectivity index (χ1n) is 10.0. The van der Waals surface area contributed by atoms with Crippen LogP contribution in [-0.2, 0) is 4.79 Å². The van der Waals surface area contributed by atoms with Gasteiger partial charge in [0, 0.05) is 17.3 Å². The molecule has 0 fully saturated rings. The predicted molar refractivity (Wildman–Crippen MR) is 118 cm³/mol. The van der Waals surface area contributed by atoms with Gasteiger partial charge in [0.1, 0.15) is 23.9 Å². The van der Waals surface area contributed by atoms with Gasteiger partial charge in [0.25, 0.3) is 5.91 Å². The van der Waals surface area contributed by atoms with Crippen LogP contribution < -0.4 is 20.1 Å². The van der Waals surface area contributed by atoms with Crippen molar-refractivity contribution in [1.29, 1.82) is 0 Å². The molecule has 1 heterocycles. The Kier molecular flexibility index (Phi) is 7.04. The maximum Gasteiger partial charge on any atom is 0.252 e. The van der Waals surface area contributed by atoms with Crippen molar-refractivity contribution in [3.05, 3.63) is 53.9 Å². The Morgan fingerprint density at radius 3 is 2.28 bits per heavy atom. The molecule has 3 rings (SSSR count). The van der Waals surface area contributed by atoms with Crippen LogP contribution >= 0.6 is 0 Å². The topological polar surface area (TPSA) is 120 Å². The summed E-state index contributed by atoms with van der Waals surface area (Å²) in [5.74, 6) is 0.0648. The van der Waals surface area contributed by atoms with E-state index in [1.807, 2.05) is 32.9 Å². The first kappa shape index (κ1) is 22.7. The van der Waals surface area contributed by atoms with Gasteiger partial charge in [-0.1, -0.05) is 19.9 Å². The third-order valence-corrected chi connectivity index (χ3v) is 4.94. The summed E-state index contributed by atoms with van der Waals surface area (Å²) in [5, 5.41) is 16.9. The molecule has 1 atom stereocenters. The molecule has 0 radical (unpaired) electrons. The average Bonchev–Trinajstić information content (AvgIpc) is 3.33.